The Morgan fingerprint density at radius 3 is 2.27 bits per heavy atom. The first-order valence-corrected chi connectivity index (χ1v) is 3.04. The van der Waals surface area contributed by atoms with Gasteiger partial charge in [-0.1, -0.05) is 0 Å². The van der Waals surface area contributed by atoms with Crippen LogP contribution in [0, 0.1) is 0 Å². The largest absolute Gasteiger partial charge is 0.481 e. The number of Topliss-reactive ketones (excluding diaryl/α,β-unsaturated/α-hetero) is 1. The molecule has 1 N–H and O–H groups in total. The van der Waals surface area contributed by atoms with Crippen LogP contribution in [0.15, 0.2) is 0 Å². The van der Waals surface area contributed by atoms with Gasteiger partial charge in [0.05, 0.1) is 0 Å². The van der Waals surface area contributed by atoms with E-state index in [1.54, 1.807) is 0 Å². The average Bonchev–Trinajstić information content (AvgIpc) is 1.82. The van der Waals surface area contributed by atoms with Gasteiger partial charge in [0.15, 0.2) is 0 Å². The number of aliphatic carboxylic acids is 1. The van der Waals surface area contributed by atoms with Crippen molar-refractivity contribution in [1.29, 1.82) is 0 Å². The first-order valence-electron chi connectivity index (χ1n) is 3.04. The van der Waals surface area contributed by atoms with Crippen molar-refractivity contribution in [3.05, 3.63) is 0 Å². The molecule has 0 heterocycles. The molecular formula is C6H8F2O3. The van der Waals surface area contributed by atoms with Gasteiger partial charge in [0.25, 0.3) is 0 Å². The monoisotopic (exact) mass is 166 g/mol. The van der Waals surface area contributed by atoms with E-state index in [1.165, 1.54) is 0 Å². The molecule has 0 aliphatic rings. The van der Waals surface area contributed by atoms with Gasteiger partial charge in [0.2, 0.25) is 6.43 Å². The molecule has 0 aliphatic heterocycles. The lowest BCUT2D eigenvalue weighted by Gasteiger charge is -1.95. The molecule has 0 aromatic rings. The van der Waals surface area contributed by atoms with E-state index in [1.807, 2.05) is 0 Å². The number of carboxylic acids is 1. The third-order valence-corrected chi connectivity index (χ3v) is 0.990. The van der Waals surface area contributed by atoms with Crippen LogP contribution in [0.2, 0.25) is 0 Å². The van der Waals surface area contributed by atoms with Crippen LogP contribution >= 0.6 is 0 Å². The zero-order chi connectivity index (χ0) is 8.85. The molecular weight excluding hydrogens is 158 g/mol. The first kappa shape index (κ1) is 10.0. The van der Waals surface area contributed by atoms with Crippen LogP contribution in [0.4, 0.5) is 8.78 Å². The highest BCUT2D eigenvalue weighted by Crippen LogP contribution is 2.04. The van der Waals surface area contributed by atoms with E-state index in [4.69, 9.17) is 5.11 Å². The van der Waals surface area contributed by atoms with Crippen molar-refractivity contribution in [2.45, 2.75) is 25.7 Å². The predicted molar refractivity (Wildman–Crippen MR) is 32.5 cm³/mol. The number of ketones is 1. The van der Waals surface area contributed by atoms with Gasteiger partial charge >= 0.3 is 5.97 Å². The van der Waals surface area contributed by atoms with E-state index in [0.29, 0.717) is 0 Å². The first-order chi connectivity index (χ1) is 5.02. The number of carboxylic acid groups (broad SMARTS) is 1. The van der Waals surface area contributed by atoms with Crippen LogP contribution in [0.25, 0.3) is 0 Å². The average molecular weight is 166 g/mol. The number of carbonyl (C=O) groups excluding carboxylic acids is 1. The van der Waals surface area contributed by atoms with E-state index in [9.17, 15) is 18.4 Å². The van der Waals surface area contributed by atoms with Gasteiger partial charge in [0, 0.05) is 12.8 Å². The molecule has 0 rings (SSSR count). The highest BCUT2D eigenvalue weighted by Gasteiger charge is 2.10. The summed E-state index contributed by atoms with van der Waals surface area (Å²) in [6.07, 6.45) is -4.10. The second kappa shape index (κ2) is 4.76. The summed E-state index contributed by atoms with van der Waals surface area (Å²) < 4.78 is 22.9. The van der Waals surface area contributed by atoms with Crippen LogP contribution in [0.5, 0.6) is 0 Å². The van der Waals surface area contributed by atoms with E-state index >= 15 is 0 Å². The van der Waals surface area contributed by atoms with Crippen LogP contribution in [0.3, 0.4) is 0 Å². The van der Waals surface area contributed by atoms with Crippen molar-refractivity contribution in [2.24, 2.45) is 0 Å². The Kier molecular flexibility index (Phi) is 4.33. The van der Waals surface area contributed by atoms with Crippen molar-refractivity contribution < 1.29 is 23.5 Å². The van der Waals surface area contributed by atoms with Gasteiger partial charge in [-0.2, -0.15) is 0 Å². The molecule has 0 saturated carbocycles. The molecule has 0 aromatic heterocycles. The summed E-state index contributed by atoms with van der Waals surface area (Å²) in [5, 5.41) is 8.04. The second-order valence-electron chi connectivity index (χ2n) is 2.04. The van der Waals surface area contributed by atoms with Gasteiger partial charge in [-0.3, -0.25) is 9.59 Å². The number of rotatable bonds is 5. The summed E-state index contributed by atoms with van der Waals surface area (Å²) in [4.78, 5) is 20.3. The highest BCUT2D eigenvalue weighted by molar-refractivity contribution is 5.94. The van der Waals surface area contributed by atoms with Crippen LogP contribution in [-0.2, 0) is 9.59 Å². The molecule has 0 amide bonds. The summed E-state index contributed by atoms with van der Waals surface area (Å²) >= 11 is 0. The quantitative estimate of drug-likeness (QED) is 0.621. The molecule has 0 bridgehead atoms. The number of carbonyl (C=O) groups is 2. The fourth-order valence-electron chi connectivity index (χ4n) is 0.527. The maximum Gasteiger partial charge on any atom is 0.310 e. The number of alkyl halides is 2. The molecule has 0 fully saturated rings. The number of hydrogen-bond acceptors (Lipinski definition) is 2. The van der Waals surface area contributed by atoms with E-state index in [2.05, 4.69) is 0 Å². The van der Waals surface area contributed by atoms with Crippen molar-refractivity contribution in [3.63, 3.8) is 0 Å². The van der Waals surface area contributed by atoms with Crippen molar-refractivity contribution in [1.82, 2.24) is 0 Å². The smallest absolute Gasteiger partial charge is 0.310 e. The van der Waals surface area contributed by atoms with E-state index < -0.39 is 31.0 Å². The Hall–Kier alpha value is -1.00. The molecule has 0 spiro atoms. The van der Waals surface area contributed by atoms with Gasteiger partial charge in [-0.15, -0.1) is 0 Å². The number of hydrogen-bond donors (Lipinski definition) is 1. The third-order valence-electron chi connectivity index (χ3n) is 0.990. The zero-order valence-corrected chi connectivity index (χ0v) is 5.72. The Bertz CT molecular complexity index is 156. The van der Waals surface area contributed by atoms with Gasteiger partial charge in [-0.05, 0) is 0 Å². The molecule has 0 aromatic carbocycles. The zero-order valence-electron chi connectivity index (χ0n) is 5.72. The molecule has 0 radical (unpaired) electrons. The van der Waals surface area contributed by atoms with Gasteiger partial charge < -0.3 is 5.11 Å². The Balaban J connectivity index is 3.46. The SMILES string of the molecule is O=C(O)CC(=O)CCC(F)F. The molecule has 3 nitrogen and oxygen atoms in total. The fraction of sp³-hybridized carbons (Fsp3) is 0.667. The van der Waals surface area contributed by atoms with E-state index in [0.717, 1.165) is 0 Å². The summed E-state index contributed by atoms with van der Waals surface area (Å²) in [5.74, 6) is -1.93. The predicted octanol–water partition coefficient (Wildman–Crippen LogP) is 1.08. The highest BCUT2D eigenvalue weighted by atomic mass is 19.3. The lowest BCUT2D eigenvalue weighted by atomic mass is 10.2. The maximum atomic E-state index is 11.4. The number of halogens is 2. The van der Waals surface area contributed by atoms with Crippen LogP contribution < -0.4 is 0 Å². The topological polar surface area (TPSA) is 54.4 Å². The summed E-state index contributed by atoms with van der Waals surface area (Å²) in [7, 11) is 0. The van der Waals surface area contributed by atoms with Gasteiger partial charge in [-0.25, -0.2) is 8.78 Å². The molecule has 0 saturated heterocycles. The maximum absolute atomic E-state index is 11.4. The lowest BCUT2D eigenvalue weighted by molar-refractivity contribution is -0.140. The lowest BCUT2D eigenvalue weighted by Crippen LogP contribution is -2.07. The Labute approximate surface area is 62.0 Å². The molecule has 0 unspecified atom stereocenters. The summed E-state index contributed by atoms with van der Waals surface area (Å²) in [5.41, 5.74) is 0. The van der Waals surface area contributed by atoms with Crippen molar-refractivity contribution >= 4 is 11.8 Å². The molecule has 5 heteroatoms. The minimum absolute atomic E-state index is 0.357. The standard InChI is InChI=1S/C6H8F2O3/c7-5(8)2-1-4(9)3-6(10)11/h5H,1-3H2,(H,10,11). The van der Waals surface area contributed by atoms with Crippen LogP contribution in [-0.4, -0.2) is 23.3 Å². The summed E-state index contributed by atoms with van der Waals surface area (Å²) in [6, 6.07) is 0. The summed E-state index contributed by atoms with van der Waals surface area (Å²) in [6.45, 7) is 0. The minimum atomic E-state index is -2.53. The van der Waals surface area contributed by atoms with Crippen LogP contribution in [0.1, 0.15) is 19.3 Å². The normalized spacial score (nSPS) is 10.1. The minimum Gasteiger partial charge on any atom is -0.481 e. The molecule has 0 atom stereocenters. The molecule has 11 heavy (non-hydrogen) atoms. The van der Waals surface area contributed by atoms with Crippen molar-refractivity contribution in [2.75, 3.05) is 0 Å². The fourth-order valence-corrected chi connectivity index (χ4v) is 0.527. The molecule has 64 valence electrons. The second-order valence-corrected chi connectivity index (χ2v) is 2.04. The Morgan fingerprint density at radius 2 is 1.91 bits per heavy atom. The van der Waals surface area contributed by atoms with Gasteiger partial charge in [0.1, 0.15) is 12.2 Å². The van der Waals surface area contributed by atoms with Crippen molar-refractivity contribution in [3.8, 4) is 0 Å². The third kappa shape index (κ3) is 6.89. The molecule has 0 aliphatic carbocycles. The van der Waals surface area contributed by atoms with E-state index in [-0.39, 0.29) is 6.42 Å². The Morgan fingerprint density at radius 1 is 1.36 bits per heavy atom.